The first-order chi connectivity index (χ1) is 9.65. The molecule has 0 saturated heterocycles. The van der Waals surface area contributed by atoms with E-state index < -0.39 is 0 Å². The van der Waals surface area contributed by atoms with E-state index in [4.69, 9.17) is 11.6 Å². The van der Waals surface area contributed by atoms with E-state index in [2.05, 4.69) is 29.1 Å². The van der Waals surface area contributed by atoms with Gasteiger partial charge in [0, 0.05) is 10.9 Å². The zero-order chi connectivity index (χ0) is 14.1. The predicted octanol–water partition coefficient (Wildman–Crippen LogP) is 5.10. The minimum absolute atomic E-state index is 0.342. The Bertz CT molecular complexity index is 615. The SMILES string of the molecule is Cc1sc2nc(Cl)nc(NC3CCCCCC3)c2c1C. The number of nitrogens with one attached hydrogen (secondary N) is 1. The van der Waals surface area contributed by atoms with Gasteiger partial charge in [0.05, 0.1) is 5.39 Å². The molecule has 3 nitrogen and oxygen atoms in total. The van der Waals surface area contributed by atoms with Crippen LogP contribution in [0.25, 0.3) is 10.2 Å². The van der Waals surface area contributed by atoms with Gasteiger partial charge in [-0.3, -0.25) is 0 Å². The molecule has 0 atom stereocenters. The van der Waals surface area contributed by atoms with Gasteiger partial charge >= 0.3 is 0 Å². The number of aryl methyl sites for hydroxylation is 2. The molecule has 5 heteroatoms. The number of hydrogen-bond acceptors (Lipinski definition) is 4. The van der Waals surface area contributed by atoms with Crippen LogP contribution in [0, 0.1) is 13.8 Å². The Morgan fingerprint density at radius 3 is 2.50 bits per heavy atom. The van der Waals surface area contributed by atoms with Gasteiger partial charge in [0.25, 0.3) is 0 Å². The minimum Gasteiger partial charge on any atom is -0.367 e. The maximum Gasteiger partial charge on any atom is 0.225 e. The molecule has 0 aliphatic heterocycles. The zero-order valence-electron chi connectivity index (χ0n) is 12.0. The molecule has 0 aromatic carbocycles. The van der Waals surface area contributed by atoms with Crippen molar-refractivity contribution >= 4 is 39.0 Å². The van der Waals surface area contributed by atoms with Crippen molar-refractivity contribution in [2.24, 2.45) is 0 Å². The van der Waals surface area contributed by atoms with Crippen LogP contribution < -0.4 is 5.32 Å². The maximum absolute atomic E-state index is 6.08. The summed E-state index contributed by atoms with van der Waals surface area (Å²) in [5.74, 6) is 0.925. The molecule has 3 rings (SSSR count). The van der Waals surface area contributed by atoms with Crippen LogP contribution in [0.1, 0.15) is 49.0 Å². The molecule has 1 aliphatic rings. The Morgan fingerprint density at radius 1 is 1.10 bits per heavy atom. The van der Waals surface area contributed by atoms with Gasteiger partial charge < -0.3 is 5.32 Å². The van der Waals surface area contributed by atoms with Crippen LogP contribution >= 0.6 is 22.9 Å². The predicted molar refractivity (Wildman–Crippen MR) is 87.0 cm³/mol. The van der Waals surface area contributed by atoms with Crippen LogP contribution in [0.15, 0.2) is 0 Å². The standard InChI is InChI=1S/C15H20ClN3S/c1-9-10(2)20-14-12(9)13(18-15(16)19-14)17-11-7-5-3-4-6-8-11/h11H,3-8H2,1-2H3,(H,17,18,19). The molecule has 108 valence electrons. The van der Waals surface area contributed by atoms with Crippen LogP contribution in [0.4, 0.5) is 5.82 Å². The van der Waals surface area contributed by atoms with Crippen molar-refractivity contribution in [3.8, 4) is 0 Å². The first kappa shape index (κ1) is 14.1. The average Bonchev–Trinajstić information content (AvgIpc) is 2.59. The van der Waals surface area contributed by atoms with E-state index in [9.17, 15) is 0 Å². The number of halogens is 1. The fourth-order valence-electron chi connectivity index (χ4n) is 2.95. The lowest BCUT2D eigenvalue weighted by Crippen LogP contribution is -2.19. The first-order valence-corrected chi connectivity index (χ1v) is 8.54. The zero-order valence-corrected chi connectivity index (χ0v) is 13.6. The summed E-state index contributed by atoms with van der Waals surface area (Å²) in [7, 11) is 0. The van der Waals surface area contributed by atoms with Crippen molar-refractivity contribution < 1.29 is 0 Å². The molecule has 0 amide bonds. The van der Waals surface area contributed by atoms with Gasteiger partial charge in [0.15, 0.2) is 0 Å². The molecule has 1 aliphatic carbocycles. The minimum atomic E-state index is 0.342. The Kier molecular flexibility index (Phi) is 4.13. The second-order valence-corrected chi connectivity index (χ2v) is 7.18. The quantitative estimate of drug-likeness (QED) is 0.619. The van der Waals surface area contributed by atoms with Gasteiger partial charge in [0.2, 0.25) is 5.28 Å². The lowest BCUT2D eigenvalue weighted by molar-refractivity contribution is 0.618. The summed E-state index contributed by atoms with van der Waals surface area (Å²) in [5.41, 5.74) is 1.28. The van der Waals surface area contributed by atoms with Gasteiger partial charge in [0.1, 0.15) is 10.6 Å². The van der Waals surface area contributed by atoms with Gasteiger partial charge in [-0.25, -0.2) is 9.97 Å². The molecule has 0 bridgehead atoms. The van der Waals surface area contributed by atoms with E-state index in [0.29, 0.717) is 11.3 Å². The summed E-state index contributed by atoms with van der Waals surface area (Å²) in [4.78, 5) is 11.1. The van der Waals surface area contributed by atoms with Crippen molar-refractivity contribution in [2.45, 2.75) is 58.4 Å². The molecule has 1 N–H and O–H groups in total. The Hall–Kier alpha value is -0.870. The maximum atomic E-state index is 6.08. The highest BCUT2D eigenvalue weighted by Gasteiger charge is 2.18. The fraction of sp³-hybridized carbons (Fsp3) is 0.600. The Balaban J connectivity index is 1.97. The van der Waals surface area contributed by atoms with Crippen molar-refractivity contribution in [3.63, 3.8) is 0 Å². The number of thiophene rings is 1. The second kappa shape index (κ2) is 5.86. The highest BCUT2D eigenvalue weighted by molar-refractivity contribution is 7.18. The molecular formula is C15H20ClN3S. The summed E-state index contributed by atoms with van der Waals surface area (Å²) in [5, 5.41) is 5.13. The third kappa shape index (κ3) is 2.77. The Morgan fingerprint density at radius 2 is 1.80 bits per heavy atom. The monoisotopic (exact) mass is 309 g/mol. The summed E-state index contributed by atoms with van der Waals surface area (Å²) in [6, 6.07) is 0.520. The summed E-state index contributed by atoms with van der Waals surface area (Å²) in [6.07, 6.45) is 7.78. The summed E-state index contributed by atoms with van der Waals surface area (Å²) >= 11 is 7.78. The van der Waals surface area contributed by atoms with E-state index in [0.717, 1.165) is 16.0 Å². The summed E-state index contributed by atoms with van der Waals surface area (Å²) in [6.45, 7) is 4.27. The number of hydrogen-bond donors (Lipinski definition) is 1. The number of rotatable bonds is 2. The lowest BCUT2D eigenvalue weighted by Gasteiger charge is -2.17. The largest absolute Gasteiger partial charge is 0.367 e. The normalized spacial score (nSPS) is 17.4. The number of fused-ring (bicyclic) bond motifs is 1. The van der Waals surface area contributed by atoms with E-state index in [1.54, 1.807) is 11.3 Å². The number of anilines is 1. The lowest BCUT2D eigenvalue weighted by atomic mass is 10.1. The van der Waals surface area contributed by atoms with Gasteiger partial charge in [-0.05, 0) is 43.9 Å². The van der Waals surface area contributed by atoms with E-state index >= 15 is 0 Å². The molecular weight excluding hydrogens is 290 g/mol. The molecule has 1 fully saturated rings. The van der Waals surface area contributed by atoms with E-state index in [1.807, 2.05) is 0 Å². The second-order valence-electron chi connectivity index (χ2n) is 5.64. The number of aromatic nitrogens is 2. The molecule has 2 aromatic heterocycles. The molecule has 2 aromatic rings. The third-order valence-corrected chi connectivity index (χ3v) is 5.47. The van der Waals surface area contributed by atoms with Crippen LogP contribution in [0.2, 0.25) is 5.28 Å². The van der Waals surface area contributed by atoms with Crippen molar-refractivity contribution in [1.82, 2.24) is 9.97 Å². The van der Waals surface area contributed by atoms with Gasteiger partial charge in [-0.2, -0.15) is 0 Å². The van der Waals surface area contributed by atoms with Crippen LogP contribution in [-0.4, -0.2) is 16.0 Å². The van der Waals surface area contributed by atoms with E-state index in [1.165, 1.54) is 49.0 Å². The molecule has 1 saturated carbocycles. The average molecular weight is 310 g/mol. The van der Waals surface area contributed by atoms with Crippen LogP contribution in [0.3, 0.4) is 0 Å². The van der Waals surface area contributed by atoms with Gasteiger partial charge in [-0.15, -0.1) is 11.3 Å². The van der Waals surface area contributed by atoms with Crippen molar-refractivity contribution in [2.75, 3.05) is 5.32 Å². The molecule has 0 spiro atoms. The summed E-state index contributed by atoms with van der Waals surface area (Å²) < 4.78 is 0. The third-order valence-electron chi connectivity index (χ3n) is 4.20. The van der Waals surface area contributed by atoms with Crippen LogP contribution in [0.5, 0.6) is 0 Å². The molecule has 0 unspecified atom stereocenters. The van der Waals surface area contributed by atoms with Gasteiger partial charge in [-0.1, -0.05) is 25.7 Å². The highest BCUT2D eigenvalue weighted by Crippen LogP contribution is 2.35. The van der Waals surface area contributed by atoms with Crippen molar-refractivity contribution in [3.05, 3.63) is 15.7 Å². The fourth-order valence-corrected chi connectivity index (χ4v) is 4.19. The topological polar surface area (TPSA) is 37.8 Å². The van der Waals surface area contributed by atoms with Crippen LogP contribution in [-0.2, 0) is 0 Å². The van der Waals surface area contributed by atoms with Crippen molar-refractivity contribution in [1.29, 1.82) is 0 Å². The Labute approximate surface area is 128 Å². The first-order valence-electron chi connectivity index (χ1n) is 7.35. The van der Waals surface area contributed by atoms with E-state index in [-0.39, 0.29) is 0 Å². The molecule has 0 radical (unpaired) electrons. The smallest absolute Gasteiger partial charge is 0.225 e. The number of nitrogens with zero attached hydrogens (tertiary/aromatic N) is 2. The highest BCUT2D eigenvalue weighted by atomic mass is 35.5. The molecule has 20 heavy (non-hydrogen) atoms. The molecule has 2 heterocycles.